The molecular formula is C54H31NO2S2. The Labute approximate surface area is 346 Å². The second-order valence-corrected chi connectivity index (χ2v) is 17.3. The van der Waals surface area contributed by atoms with Gasteiger partial charge in [0.2, 0.25) is 0 Å². The van der Waals surface area contributed by atoms with E-state index in [1.807, 2.05) is 34.8 Å². The maximum atomic E-state index is 6.96. The lowest BCUT2D eigenvalue weighted by atomic mass is 10.00. The van der Waals surface area contributed by atoms with Gasteiger partial charge in [-0.25, -0.2) is 0 Å². The molecule has 0 spiro atoms. The summed E-state index contributed by atoms with van der Waals surface area (Å²) in [4.78, 5) is 2.33. The summed E-state index contributed by atoms with van der Waals surface area (Å²) in [5, 5.41) is 9.49. The van der Waals surface area contributed by atoms with E-state index in [2.05, 4.69) is 181 Å². The minimum Gasteiger partial charge on any atom is -0.455 e. The highest BCUT2D eigenvalue weighted by molar-refractivity contribution is 7.26. The highest BCUT2D eigenvalue weighted by atomic mass is 32.1. The van der Waals surface area contributed by atoms with Crippen molar-refractivity contribution in [3.05, 3.63) is 188 Å². The molecule has 3 nitrogen and oxygen atoms in total. The van der Waals surface area contributed by atoms with Crippen LogP contribution in [0.2, 0.25) is 0 Å². The number of nitrogens with zero attached hydrogens (tertiary/aromatic N) is 1. The quantitative estimate of drug-likeness (QED) is 0.174. The van der Waals surface area contributed by atoms with Gasteiger partial charge in [-0.1, -0.05) is 127 Å². The predicted octanol–water partition coefficient (Wildman–Crippen LogP) is 17.0. The average molecular weight is 790 g/mol. The van der Waals surface area contributed by atoms with E-state index in [1.165, 1.54) is 51.5 Å². The van der Waals surface area contributed by atoms with Crippen LogP contribution in [0.5, 0.6) is 0 Å². The molecule has 0 radical (unpaired) electrons. The SMILES string of the molecule is c1cc(-c2cccc3c2oc2c3ccc3sc4ccccc4c32)cc(N(c2ccc(-c3cccc4c3sc3ccccc34)cc2)c2cccc3c2oc2ccccc23)c1. The summed E-state index contributed by atoms with van der Waals surface area (Å²) in [6.07, 6.45) is 0. The molecule has 0 fully saturated rings. The Bertz CT molecular complexity index is 3810. The molecule has 0 N–H and O–H groups in total. The summed E-state index contributed by atoms with van der Waals surface area (Å²) in [6.45, 7) is 0. The molecule has 0 aliphatic carbocycles. The molecule has 0 aliphatic heterocycles. The molecule has 13 rings (SSSR count). The standard InChI is InChI=1S/C54H31NO2S2/c1-4-22-46-38(13-1)40-19-10-21-45(52(40)56-46)55(34-27-25-32(26-28-34)37-17-9-20-43-39-14-2-5-23-47(39)59-54(37)43)35-12-7-11-33(31-35)36-16-8-18-41-42-29-30-49-50(53(42)57-51(36)41)44-15-3-6-24-48(44)58-49/h1-31H. The lowest BCUT2D eigenvalue weighted by molar-refractivity contribution is 0.669. The fourth-order valence-corrected chi connectivity index (χ4v) is 11.5. The Morgan fingerprint density at radius 1 is 0.356 bits per heavy atom. The molecule has 13 aromatic rings. The molecular weight excluding hydrogens is 759 g/mol. The summed E-state index contributed by atoms with van der Waals surface area (Å²) in [5.74, 6) is 0. The second kappa shape index (κ2) is 12.7. The van der Waals surface area contributed by atoms with Crippen LogP contribution >= 0.6 is 22.7 Å². The molecule has 5 heteroatoms. The van der Waals surface area contributed by atoms with E-state index in [0.717, 1.165) is 72.1 Å². The molecule has 4 heterocycles. The van der Waals surface area contributed by atoms with Crippen LogP contribution < -0.4 is 4.90 Å². The largest absolute Gasteiger partial charge is 0.455 e. The van der Waals surface area contributed by atoms with Crippen LogP contribution in [-0.4, -0.2) is 0 Å². The number of rotatable bonds is 5. The monoisotopic (exact) mass is 789 g/mol. The van der Waals surface area contributed by atoms with E-state index in [-0.39, 0.29) is 0 Å². The van der Waals surface area contributed by atoms with E-state index in [4.69, 9.17) is 8.83 Å². The third kappa shape index (κ3) is 4.93. The zero-order valence-corrected chi connectivity index (χ0v) is 33.1. The summed E-state index contributed by atoms with van der Waals surface area (Å²) in [6, 6.07) is 67.5. The number of hydrogen-bond acceptors (Lipinski definition) is 5. The topological polar surface area (TPSA) is 29.5 Å². The van der Waals surface area contributed by atoms with Crippen molar-refractivity contribution in [2.24, 2.45) is 0 Å². The number of anilines is 3. The van der Waals surface area contributed by atoms with Gasteiger partial charge in [0.1, 0.15) is 16.7 Å². The smallest absolute Gasteiger partial charge is 0.159 e. The van der Waals surface area contributed by atoms with Crippen molar-refractivity contribution in [3.63, 3.8) is 0 Å². The lowest BCUT2D eigenvalue weighted by Gasteiger charge is -2.26. The van der Waals surface area contributed by atoms with Crippen LogP contribution in [0.4, 0.5) is 17.1 Å². The van der Waals surface area contributed by atoms with Gasteiger partial charge >= 0.3 is 0 Å². The summed E-state index contributed by atoms with van der Waals surface area (Å²) >= 11 is 3.68. The van der Waals surface area contributed by atoms with Gasteiger partial charge in [0.15, 0.2) is 5.58 Å². The zero-order chi connectivity index (χ0) is 38.6. The van der Waals surface area contributed by atoms with Gasteiger partial charge < -0.3 is 13.7 Å². The van der Waals surface area contributed by atoms with Gasteiger partial charge in [-0.15, -0.1) is 22.7 Å². The maximum absolute atomic E-state index is 6.96. The third-order valence-electron chi connectivity index (χ3n) is 11.9. The molecule has 0 aliphatic rings. The minimum absolute atomic E-state index is 0.851. The predicted molar refractivity (Wildman–Crippen MR) is 252 cm³/mol. The molecule has 0 unspecified atom stereocenters. The van der Waals surface area contributed by atoms with Crippen LogP contribution in [0.1, 0.15) is 0 Å². The van der Waals surface area contributed by atoms with Crippen molar-refractivity contribution < 1.29 is 8.83 Å². The molecule has 0 atom stereocenters. The Morgan fingerprint density at radius 3 is 1.88 bits per heavy atom. The van der Waals surface area contributed by atoms with Gasteiger partial charge in [-0.2, -0.15) is 0 Å². The van der Waals surface area contributed by atoms with Crippen LogP contribution in [0.3, 0.4) is 0 Å². The maximum Gasteiger partial charge on any atom is 0.159 e. The highest BCUT2D eigenvalue weighted by Crippen LogP contribution is 2.47. The van der Waals surface area contributed by atoms with Gasteiger partial charge in [0, 0.05) is 78.8 Å². The molecule has 0 saturated carbocycles. The van der Waals surface area contributed by atoms with Crippen LogP contribution in [0, 0.1) is 0 Å². The average Bonchev–Trinajstić information content (AvgIpc) is 4.07. The van der Waals surface area contributed by atoms with Crippen molar-refractivity contribution in [2.45, 2.75) is 0 Å². The number of thiophene rings is 2. The fraction of sp³-hybridized carbons (Fsp3) is 0. The number of fused-ring (bicyclic) bond motifs is 13. The first-order valence-corrected chi connectivity index (χ1v) is 21.5. The van der Waals surface area contributed by atoms with Crippen molar-refractivity contribution in [3.8, 4) is 22.3 Å². The van der Waals surface area contributed by atoms with Gasteiger partial charge in [0.25, 0.3) is 0 Å². The Hall–Kier alpha value is -7.18. The third-order valence-corrected chi connectivity index (χ3v) is 14.2. The molecule has 0 bridgehead atoms. The van der Waals surface area contributed by atoms with Gasteiger partial charge in [-0.3, -0.25) is 0 Å². The van der Waals surface area contributed by atoms with Crippen molar-refractivity contribution in [2.75, 3.05) is 4.90 Å². The van der Waals surface area contributed by atoms with E-state index in [1.54, 1.807) is 0 Å². The first kappa shape index (κ1) is 32.9. The fourth-order valence-electron chi connectivity index (χ4n) is 9.20. The minimum atomic E-state index is 0.851. The van der Waals surface area contributed by atoms with Crippen molar-refractivity contribution >= 4 is 124 Å². The highest BCUT2D eigenvalue weighted by Gasteiger charge is 2.22. The first-order valence-electron chi connectivity index (χ1n) is 19.8. The van der Waals surface area contributed by atoms with Crippen molar-refractivity contribution in [1.82, 2.24) is 0 Å². The van der Waals surface area contributed by atoms with Gasteiger partial charge in [-0.05, 0) is 77.4 Å². The molecule has 276 valence electrons. The molecule has 0 amide bonds. The lowest BCUT2D eigenvalue weighted by Crippen LogP contribution is -2.10. The summed E-state index contributed by atoms with van der Waals surface area (Å²) in [7, 11) is 0. The van der Waals surface area contributed by atoms with E-state index >= 15 is 0 Å². The summed E-state index contributed by atoms with van der Waals surface area (Å²) < 4.78 is 18.8. The van der Waals surface area contributed by atoms with E-state index < -0.39 is 0 Å². The second-order valence-electron chi connectivity index (χ2n) is 15.2. The number of benzene rings is 9. The van der Waals surface area contributed by atoms with E-state index in [0.29, 0.717) is 0 Å². The van der Waals surface area contributed by atoms with E-state index in [9.17, 15) is 0 Å². The van der Waals surface area contributed by atoms with Gasteiger partial charge in [0.05, 0.1) is 5.69 Å². The Balaban J connectivity index is 0.994. The Kier molecular flexibility index (Phi) is 7.05. The molecule has 9 aromatic carbocycles. The van der Waals surface area contributed by atoms with Crippen molar-refractivity contribution in [1.29, 1.82) is 0 Å². The summed E-state index contributed by atoms with van der Waals surface area (Å²) in [5.41, 5.74) is 11.2. The molecule has 0 saturated heterocycles. The normalized spacial score (nSPS) is 12.1. The van der Waals surface area contributed by atoms with Crippen LogP contribution in [0.25, 0.3) is 106 Å². The number of furan rings is 2. The Morgan fingerprint density at radius 2 is 1.02 bits per heavy atom. The number of hydrogen-bond donors (Lipinski definition) is 0. The first-order chi connectivity index (χ1) is 29.2. The molecule has 4 aromatic heterocycles. The zero-order valence-electron chi connectivity index (χ0n) is 31.5. The molecule has 59 heavy (non-hydrogen) atoms. The number of para-hydroxylation sites is 3. The van der Waals surface area contributed by atoms with Crippen LogP contribution in [-0.2, 0) is 0 Å². The van der Waals surface area contributed by atoms with Crippen LogP contribution in [0.15, 0.2) is 197 Å².